The molecule has 1 aromatic carbocycles. The van der Waals surface area contributed by atoms with E-state index in [0.29, 0.717) is 31.1 Å². The van der Waals surface area contributed by atoms with Gasteiger partial charge in [0.2, 0.25) is 5.88 Å². The number of methoxy groups -OCH3 is 1. The first-order valence-corrected chi connectivity index (χ1v) is 12.3. The van der Waals surface area contributed by atoms with E-state index >= 15 is 0 Å². The number of alkyl halides is 1. The van der Waals surface area contributed by atoms with Gasteiger partial charge in [-0.25, -0.2) is 18.1 Å². The fourth-order valence-electron chi connectivity index (χ4n) is 4.81. The summed E-state index contributed by atoms with van der Waals surface area (Å²) in [6.45, 7) is 0.864. The van der Waals surface area contributed by atoms with E-state index in [-0.39, 0.29) is 17.4 Å². The second kappa shape index (κ2) is 7.59. The predicted molar refractivity (Wildman–Crippen MR) is 113 cm³/mol. The molecule has 0 unspecified atom stereocenters. The first-order valence-electron chi connectivity index (χ1n) is 10.4. The molecule has 2 aliphatic carbocycles. The molecule has 2 aromatic rings. The monoisotopic (exact) mass is 448 g/mol. The first-order chi connectivity index (χ1) is 14.9. The molecule has 1 aromatic heterocycles. The van der Waals surface area contributed by atoms with E-state index < -0.39 is 21.9 Å². The summed E-state index contributed by atoms with van der Waals surface area (Å²) in [5, 5.41) is 7.05. The van der Waals surface area contributed by atoms with E-state index in [0.717, 1.165) is 41.5 Å². The van der Waals surface area contributed by atoms with Crippen LogP contribution in [0.2, 0.25) is 0 Å². The molecule has 0 saturated heterocycles. The fourth-order valence-corrected chi connectivity index (χ4v) is 5.99. The lowest BCUT2D eigenvalue weighted by molar-refractivity contribution is 0.0920. The van der Waals surface area contributed by atoms with Crippen molar-refractivity contribution in [2.75, 3.05) is 25.3 Å². The van der Waals surface area contributed by atoms with E-state index in [9.17, 15) is 13.4 Å². The van der Waals surface area contributed by atoms with Crippen LogP contribution in [0.5, 0.6) is 5.88 Å². The van der Waals surface area contributed by atoms with Gasteiger partial charge in [0, 0.05) is 31.9 Å². The van der Waals surface area contributed by atoms with Gasteiger partial charge in [0.25, 0.3) is 0 Å². The zero-order valence-corrected chi connectivity index (χ0v) is 18.3. The lowest BCUT2D eigenvalue weighted by Gasteiger charge is -2.15. The van der Waals surface area contributed by atoms with Gasteiger partial charge in [0.15, 0.2) is 0 Å². The third-order valence-electron chi connectivity index (χ3n) is 6.13. The quantitative estimate of drug-likeness (QED) is 0.776. The van der Waals surface area contributed by atoms with Gasteiger partial charge in [-0.05, 0) is 41.5 Å². The molecule has 0 bridgehead atoms. The van der Waals surface area contributed by atoms with Crippen molar-refractivity contribution in [3.05, 3.63) is 34.5 Å². The van der Waals surface area contributed by atoms with E-state index in [4.69, 9.17) is 9.47 Å². The van der Waals surface area contributed by atoms with Crippen LogP contribution in [0, 0.1) is 0 Å². The summed E-state index contributed by atoms with van der Waals surface area (Å²) >= 11 is 0. The van der Waals surface area contributed by atoms with E-state index in [1.807, 2.05) is 0 Å². The minimum absolute atomic E-state index is 0.223. The number of nitrogens with one attached hydrogen (secondary N) is 1. The Bertz CT molecular complexity index is 1180. The average Bonchev–Trinajstić information content (AvgIpc) is 3.43. The molecule has 166 valence electrons. The fraction of sp³-hybridized carbons (Fsp3) is 0.524. The molecule has 8 nitrogen and oxygen atoms in total. The average molecular weight is 449 g/mol. The van der Waals surface area contributed by atoms with Crippen molar-refractivity contribution in [3.63, 3.8) is 0 Å². The molecule has 0 fully saturated rings. The van der Waals surface area contributed by atoms with Gasteiger partial charge in [0.1, 0.15) is 17.2 Å². The van der Waals surface area contributed by atoms with Gasteiger partial charge in [-0.3, -0.25) is 0 Å². The molecule has 0 saturated carbocycles. The normalized spacial score (nSPS) is 22.9. The van der Waals surface area contributed by atoms with Gasteiger partial charge < -0.3 is 14.8 Å². The zero-order valence-electron chi connectivity index (χ0n) is 17.5. The Morgan fingerprint density at radius 1 is 1.39 bits per heavy atom. The third kappa shape index (κ3) is 3.61. The number of anilines is 1. The second-order valence-corrected chi connectivity index (χ2v) is 10.6. The van der Waals surface area contributed by atoms with E-state index in [1.165, 1.54) is 12.5 Å². The van der Waals surface area contributed by atoms with E-state index in [2.05, 4.69) is 20.8 Å². The molecule has 1 aliphatic heterocycles. The van der Waals surface area contributed by atoms with Crippen molar-refractivity contribution in [1.29, 1.82) is 0 Å². The maximum Gasteiger partial charge on any atom is 0.353 e. The summed E-state index contributed by atoms with van der Waals surface area (Å²) in [6, 6.07) is 1.38. The number of halogens is 1. The van der Waals surface area contributed by atoms with Crippen molar-refractivity contribution in [2.45, 2.75) is 55.8 Å². The minimum atomic E-state index is -3.10. The molecular formula is C21H25FN4O4S. The zero-order chi connectivity index (χ0) is 21.8. The number of benzene rings is 1. The number of amides is 2. The van der Waals surface area contributed by atoms with Crippen LogP contribution in [0.4, 0.5) is 14.9 Å². The Morgan fingerprint density at radius 2 is 2.23 bits per heavy atom. The minimum Gasteiger partial charge on any atom is -0.469 e. The topological polar surface area (TPSA) is 94.8 Å². The maximum absolute atomic E-state index is 14.1. The number of nitrogens with zero attached hydrogens (tertiary/aromatic N) is 3. The predicted octanol–water partition coefficient (Wildman–Crippen LogP) is 2.90. The van der Waals surface area contributed by atoms with Crippen LogP contribution in [0.3, 0.4) is 0 Å². The molecule has 0 spiro atoms. The third-order valence-corrected chi connectivity index (χ3v) is 7.74. The SMILES string of the molecule is COC[C@H]1Cn2ncc([S@@](C)(=O)=NC(=O)Nc3c4c(cc5c3C[C@H](F)C5)CCC4)c2O1. The lowest BCUT2D eigenvalue weighted by Crippen LogP contribution is -2.21. The highest BCUT2D eigenvalue weighted by Crippen LogP contribution is 2.39. The first kappa shape index (κ1) is 20.4. The van der Waals surface area contributed by atoms with Crippen LogP contribution < -0.4 is 10.1 Å². The largest absolute Gasteiger partial charge is 0.469 e. The standard InChI is InChI=1S/C21H25FN4O4S/c1-29-11-15-10-26-20(30-15)18(9-23-26)31(2,28)25-21(27)24-19-16-5-3-4-12(16)6-13-7-14(22)8-17(13)19/h6,9,14-15H,3-5,7-8,10-11H2,1-2H3,(H,24,27)/t14-,15-,31-/m1/s1. The van der Waals surface area contributed by atoms with Gasteiger partial charge >= 0.3 is 6.03 Å². The van der Waals surface area contributed by atoms with Crippen LogP contribution in [0.1, 0.15) is 28.7 Å². The highest BCUT2D eigenvalue weighted by molar-refractivity contribution is 7.93. The number of fused-ring (bicyclic) bond motifs is 3. The van der Waals surface area contributed by atoms with Crippen LogP contribution in [-0.4, -0.2) is 52.3 Å². The number of ether oxygens (including phenoxy) is 2. The molecule has 31 heavy (non-hydrogen) atoms. The number of hydrogen-bond donors (Lipinski definition) is 1. The summed E-state index contributed by atoms with van der Waals surface area (Å²) in [5.74, 6) is 0.355. The van der Waals surface area contributed by atoms with Crippen LogP contribution in [0.15, 0.2) is 21.5 Å². The van der Waals surface area contributed by atoms with E-state index in [1.54, 1.807) is 11.8 Å². The summed E-state index contributed by atoms with van der Waals surface area (Å²) in [5.41, 5.74) is 4.67. The highest BCUT2D eigenvalue weighted by Gasteiger charge is 2.32. The smallest absolute Gasteiger partial charge is 0.353 e. The molecule has 0 radical (unpaired) electrons. The molecule has 3 atom stereocenters. The summed E-state index contributed by atoms with van der Waals surface area (Å²) in [6.07, 6.45) is 5.09. The summed E-state index contributed by atoms with van der Waals surface area (Å²) in [7, 11) is -1.52. The molecule has 1 N–H and O–H groups in total. The molecule has 3 aliphatic rings. The van der Waals surface area contributed by atoms with Crippen molar-refractivity contribution < 1.29 is 22.9 Å². The van der Waals surface area contributed by atoms with Gasteiger partial charge in [-0.2, -0.15) is 5.10 Å². The number of carbonyl (C=O) groups excluding carboxylic acids is 1. The Kier molecular flexibility index (Phi) is 5.01. The van der Waals surface area contributed by atoms with Crippen LogP contribution in [-0.2, 0) is 46.7 Å². The second-order valence-electron chi connectivity index (χ2n) is 8.40. The van der Waals surface area contributed by atoms with Crippen molar-refractivity contribution in [2.24, 2.45) is 4.36 Å². The molecule has 10 heteroatoms. The Balaban J connectivity index is 1.44. The highest BCUT2D eigenvalue weighted by atomic mass is 32.2. The number of aryl methyl sites for hydroxylation is 1. The molecular weight excluding hydrogens is 423 g/mol. The number of rotatable bonds is 4. The summed E-state index contributed by atoms with van der Waals surface area (Å²) in [4.78, 5) is 13.1. The lowest BCUT2D eigenvalue weighted by atomic mass is 9.99. The number of hydrogen-bond acceptors (Lipinski definition) is 5. The number of urea groups is 1. The van der Waals surface area contributed by atoms with Crippen LogP contribution >= 0.6 is 0 Å². The van der Waals surface area contributed by atoms with Crippen molar-refractivity contribution in [1.82, 2.24) is 9.78 Å². The summed E-state index contributed by atoms with van der Waals surface area (Å²) < 4.78 is 43.9. The molecule has 5 rings (SSSR count). The maximum atomic E-state index is 14.1. The number of aromatic nitrogens is 2. The molecule has 2 amide bonds. The number of carbonyl (C=O) groups is 1. The van der Waals surface area contributed by atoms with Crippen molar-refractivity contribution >= 4 is 21.4 Å². The van der Waals surface area contributed by atoms with Gasteiger partial charge in [-0.1, -0.05) is 6.07 Å². The van der Waals surface area contributed by atoms with Crippen LogP contribution in [0.25, 0.3) is 0 Å². The Morgan fingerprint density at radius 3 is 3.03 bits per heavy atom. The van der Waals surface area contributed by atoms with Gasteiger partial charge in [-0.15, -0.1) is 4.36 Å². The Hall–Kier alpha value is -2.46. The van der Waals surface area contributed by atoms with Crippen molar-refractivity contribution in [3.8, 4) is 5.88 Å². The Labute approximate surface area is 180 Å². The molecule has 2 heterocycles. The van der Waals surface area contributed by atoms with Gasteiger partial charge in [0.05, 0.1) is 29.1 Å².